The second kappa shape index (κ2) is 7.33. The van der Waals surface area contributed by atoms with E-state index in [1.807, 2.05) is 0 Å². The van der Waals surface area contributed by atoms with Crippen LogP contribution in [0, 0.1) is 23.3 Å². The Bertz CT molecular complexity index is 703. The van der Waals surface area contributed by atoms with Crippen molar-refractivity contribution in [3.63, 3.8) is 0 Å². The van der Waals surface area contributed by atoms with Gasteiger partial charge in [0, 0.05) is 12.2 Å². The molecular formula is C15H12BrF4NO3. The molecule has 9 heteroatoms. The topological polar surface area (TPSA) is 55.4 Å². The maximum absolute atomic E-state index is 13.9. The van der Waals surface area contributed by atoms with Gasteiger partial charge in [-0.25, -0.2) is 22.4 Å². The van der Waals surface area contributed by atoms with Crippen LogP contribution in [0.3, 0.4) is 0 Å². The molecule has 0 saturated heterocycles. The van der Waals surface area contributed by atoms with Gasteiger partial charge in [0.1, 0.15) is 11.1 Å². The third kappa shape index (κ3) is 3.61. The van der Waals surface area contributed by atoms with E-state index in [0.29, 0.717) is 0 Å². The van der Waals surface area contributed by atoms with Gasteiger partial charge in [0.05, 0.1) is 11.1 Å². The number of halogens is 5. The van der Waals surface area contributed by atoms with Crippen molar-refractivity contribution in [3.05, 3.63) is 45.1 Å². The molecule has 4 nitrogen and oxygen atoms in total. The van der Waals surface area contributed by atoms with E-state index in [1.54, 1.807) is 0 Å². The molecule has 1 aromatic carbocycles. The second-order valence-electron chi connectivity index (χ2n) is 4.99. The van der Waals surface area contributed by atoms with Crippen molar-refractivity contribution in [1.82, 2.24) is 5.32 Å². The molecule has 24 heavy (non-hydrogen) atoms. The third-order valence-corrected chi connectivity index (χ3v) is 3.91. The van der Waals surface area contributed by atoms with Crippen molar-refractivity contribution < 1.29 is 31.9 Å². The molecule has 0 bridgehead atoms. The van der Waals surface area contributed by atoms with Gasteiger partial charge >= 0.3 is 5.97 Å². The number of ether oxygens (including phenoxy) is 1. The summed E-state index contributed by atoms with van der Waals surface area (Å²) in [6.45, 7) is 1.37. The number of rotatable bonds is 6. The highest BCUT2D eigenvalue weighted by Gasteiger charge is 2.33. The second-order valence-corrected chi connectivity index (χ2v) is 5.79. The summed E-state index contributed by atoms with van der Waals surface area (Å²) < 4.78 is 58.7. The van der Waals surface area contributed by atoms with Gasteiger partial charge in [-0.3, -0.25) is 4.79 Å². The lowest BCUT2D eigenvalue weighted by molar-refractivity contribution is -0.138. The normalized spacial score (nSPS) is 14.5. The predicted octanol–water partition coefficient (Wildman–Crippen LogP) is 3.39. The van der Waals surface area contributed by atoms with Crippen LogP contribution in [-0.4, -0.2) is 24.4 Å². The van der Waals surface area contributed by atoms with Crippen LogP contribution in [0.4, 0.5) is 17.6 Å². The number of benzene rings is 1. The lowest BCUT2D eigenvalue weighted by Crippen LogP contribution is -2.23. The number of ketones is 1. The fourth-order valence-corrected chi connectivity index (χ4v) is 2.16. The number of nitrogens with one attached hydrogen (secondary N) is 1. The molecule has 0 unspecified atom stereocenters. The van der Waals surface area contributed by atoms with Gasteiger partial charge < -0.3 is 10.1 Å². The number of carbonyl (C=O) groups is 2. The maximum atomic E-state index is 13.9. The zero-order valence-corrected chi connectivity index (χ0v) is 14.0. The average Bonchev–Trinajstić information content (AvgIpc) is 3.36. The number of hydrogen-bond donors (Lipinski definition) is 1. The van der Waals surface area contributed by atoms with Crippen molar-refractivity contribution in [1.29, 1.82) is 0 Å². The smallest absolute Gasteiger partial charge is 0.343 e. The Balaban J connectivity index is 2.50. The minimum absolute atomic E-state index is 0.0234. The van der Waals surface area contributed by atoms with Crippen LogP contribution >= 0.6 is 15.9 Å². The van der Waals surface area contributed by atoms with Crippen LogP contribution in [0.1, 0.15) is 30.1 Å². The molecular weight excluding hydrogens is 398 g/mol. The minimum Gasteiger partial charge on any atom is -0.462 e. The van der Waals surface area contributed by atoms with Gasteiger partial charge in [-0.05, 0) is 35.7 Å². The van der Waals surface area contributed by atoms with Gasteiger partial charge in [-0.15, -0.1) is 0 Å². The number of carbonyl (C=O) groups excluding carboxylic acids is 2. The molecule has 0 amide bonds. The molecule has 1 aromatic rings. The quantitative estimate of drug-likeness (QED) is 0.114. The summed E-state index contributed by atoms with van der Waals surface area (Å²) >= 11 is 2.35. The van der Waals surface area contributed by atoms with Crippen LogP contribution in [0.15, 0.2) is 16.2 Å². The molecule has 0 spiro atoms. The van der Waals surface area contributed by atoms with Crippen molar-refractivity contribution in [2.24, 2.45) is 0 Å². The summed E-state index contributed by atoms with van der Waals surface area (Å²) in [5.74, 6) is -9.99. The summed E-state index contributed by atoms with van der Waals surface area (Å²) in [6.07, 6.45) is 2.55. The van der Waals surface area contributed by atoms with Crippen molar-refractivity contribution in [2.75, 3.05) is 6.61 Å². The molecule has 130 valence electrons. The van der Waals surface area contributed by atoms with Crippen molar-refractivity contribution in [3.8, 4) is 0 Å². The highest BCUT2D eigenvalue weighted by Crippen LogP contribution is 2.30. The van der Waals surface area contributed by atoms with E-state index >= 15 is 0 Å². The maximum Gasteiger partial charge on any atom is 0.343 e. The Labute approximate surface area is 143 Å². The highest BCUT2D eigenvalue weighted by molar-refractivity contribution is 9.10. The van der Waals surface area contributed by atoms with Crippen LogP contribution in [-0.2, 0) is 9.53 Å². The Kier molecular flexibility index (Phi) is 5.63. The van der Waals surface area contributed by atoms with E-state index < -0.39 is 50.6 Å². The summed E-state index contributed by atoms with van der Waals surface area (Å²) in [5.41, 5.74) is -2.24. The highest BCUT2D eigenvalue weighted by atomic mass is 79.9. The molecule has 2 rings (SSSR count). The van der Waals surface area contributed by atoms with Crippen molar-refractivity contribution in [2.45, 2.75) is 25.8 Å². The first-order chi connectivity index (χ1) is 11.3. The standard InChI is InChI=1S/C15H12BrF4NO3/c1-2-24-15(23)7(5-21-6-3-4-6)14(22)8-10(17)12(19)9(16)13(20)11(8)18/h5-6,21H,2-4H2,1H3. The molecule has 0 aromatic heterocycles. The molecule has 1 N–H and O–H groups in total. The first kappa shape index (κ1) is 18.4. The lowest BCUT2D eigenvalue weighted by atomic mass is 10.0. The van der Waals surface area contributed by atoms with Gasteiger partial charge in [-0.2, -0.15) is 0 Å². The zero-order chi connectivity index (χ0) is 18.0. The van der Waals surface area contributed by atoms with Gasteiger partial charge in [0.15, 0.2) is 23.3 Å². The predicted molar refractivity (Wildman–Crippen MR) is 79.2 cm³/mol. The molecule has 1 aliphatic carbocycles. The SMILES string of the molecule is CCOC(=O)C(=CNC1CC1)C(=O)c1c(F)c(F)c(Br)c(F)c1F. The number of Topliss-reactive ketones (excluding diaryl/α,β-unsaturated/α-hetero) is 1. The summed E-state index contributed by atoms with van der Waals surface area (Å²) in [6, 6.07) is 0.0234. The third-order valence-electron chi connectivity index (χ3n) is 3.22. The first-order valence-electron chi connectivity index (χ1n) is 6.99. The monoisotopic (exact) mass is 409 g/mol. The number of hydrogen-bond acceptors (Lipinski definition) is 4. The molecule has 0 aliphatic heterocycles. The Hall–Kier alpha value is -1.90. The van der Waals surface area contributed by atoms with E-state index in [-0.39, 0.29) is 12.6 Å². The molecule has 0 atom stereocenters. The van der Waals surface area contributed by atoms with E-state index in [1.165, 1.54) is 6.92 Å². The van der Waals surface area contributed by atoms with E-state index in [0.717, 1.165) is 19.0 Å². The van der Waals surface area contributed by atoms with Crippen LogP contribution in [0.5, 0.6) is 0 Å². The fraction of sp³-hybridized carbons (Fsp3) is 0.333. The average molecular weight is 410 g/mol. The fourth-order valence-electron chi connectivity index (χ4n) is 1.82. The van der Waals surface area contributed by atoms with E-state index in [4.69, 9.17) is 0 Å². The largest absolute Gasteiger partial charge is 0.462 e. The van der Waals surface area contributed by atoms with Crippen molar-refractivity contribution >= 4 is 27.7 Å². The molecule has 0 radical (unpaired) electrons. The van der Waals surface area contributed by atoms with Crippen LogP contribution < -0.4 is 5.32 Å². The molecule has 1 fully saturated rings. The lowest BCUT2D eigenvalue weighted by Gasteiger charge is -2.11. The molecule has 1 aliphatic rings. The molecule has 0 heterocycles. The number of esters is 1. The van der Waals surface area contributed by atoms with E-state index in [9.17, 15) is 27.2 Å². The summed E-state index contributed by atoms with van der Waals surface area (Å²) in [7, 11) is 0. The summed E-state index contributed by atoms with van der Waals surface area (Å²) in [5, 5.41) is 2.70. The van der Waals surface area contributed by atoms with Gasteiger partial charge in [-0.1, -0.05) is 0 Å². The Morgan fingerprint density at radius 3 is 2.17 bits per heavy atom. The Morgan fingerprint density at radius 1 is 1.17 bits per heavy atom. The van der Waals surface area contributed by atoms with Gasteiger partial charge in [0.2, 0.25) is 5.78 Å². The van der Waals surface area contributed by atoms with Crippen LogP contribution in [0.25, 0.3) is 0 Å². The van der Waals surface area contributed by atoms with Crippen LogP contribution in [0.2, 0.25) is 0 Å². The zero-order valence-electron chi connectivity index (χ0n) is 12.4. The minimum atomic E-state index is -1.90. The van der Waals surface area contributed by atoms with Gasteiger partial charge in [0.25, 0.3) is 0 Å². The van der Waals surface area contributed by atoms with E-state index in [2.05, 4.69) is 26.0 Å². The first-order valence-corrected chi connectivity index (χ1v) is 7.78. The Morgan fingerprint density at radius 2 is 1.71 bits per heavy atom. The molecule has 1 saturated carbocycles. The summed E-state index contributed by atoms with van der Waals surface area (Å²) in [4.78, 5) is 24.2.